The van der Waals surface area contributed by atoms with Crippen LogP contribution in [0.25, 0.3) is 11.1 Å². The van der Waals surface area contributed by atoms with Gasteiger partial charge in [0.05, 0.1) is 5.56 Å². The summed E-state index contributed by atoms with van der Waals surface area (Å²) in [6.45, 7) is 3.62. The van der Waals surface area contributed by atoms with Crippen molar-refractivity contribution in [3.63, 3.8) is 0 Å². The van der Waals surface area contributed by atoms with Crippen LogP contribution in [-0.4, -0.2) is 12.0 Å². The fourth-order valence-electron chi connectivity index (χ4n) is 3.69. The molecule has 0 fully saturated rings. The van der Waals surface area contributed by atoms with Crippen molar-refractivity contribution in [3.8, 4) is 11.1 Å². The molecule has 1 aliphatic heterocycles. The molecular formula is C24H18F5NO. The molecule has 7 heteroatoms. The van der Waals surface area contributed by atoms with Gasteiger partial charge in [-0.05, 0) is 60.4 Å². The van der Waals surface area contributed by atoms with E-state index in [1.807, 2.05) is 19.1 Å². The number of alkyl halides is 3. The Morgan fingerprint density at radius 1 is 0.871 bits per heavy atom. The zero-order valence-corrected chi connectivity index (χ0v) is 16.7. The normalized spacial score (nSPS) is 18.6. The van der Waals surface area contributed by atoms with Crippen molar-refractivity contribution in [1.29, 1.82) is 0 Å². The van der Waals surface area contributed by atoms with Crippen molar-refractivity contribution in [2.75, 3.05) is 0 Å². The van der Waals surface area contributed by atoms with Gasteiger partial charge in [-0.25, -0.2) is 13.8 Å². The monoisotopic (exact) mass is 431 g/mol. The van der Waals surface area contributed by atoms with Gasteiger partial charge in [0.15, 0.2) is 0 Å². The Balaban J connectivity index is 1.64. The summed E-state index contributed by atoms with van der Waals surface area (Å²) in [5.74, 6) is -1.58. The van der Waals surface area contributed by atoms with Crippen LogP contribution >= 0.6 is 0 Å². The summed E-state index contributed by atoms with van der Waals surface area (Å²) in [5, 5.41) is 0. The third-order valence-corrected chi connectivity index (χ3v) is 5.31. The van der Waals surface area contributed by atoms with Gasteiger partial charge in [0.1, 0.15) is 29.3 Å². The number of ether oxygens (including phenoxy) is 1. The number of rotatable bonds is 3. The molecule has 4 rings (SSSR count). The lowest BCUT2D eigenvalue weighted by atomic mass is 9.94. The Kier molecular flexibility index (Phi) is 5.29. The summed E-state index contributed by atoms with van der Waals surface area (Å²) < 4.78 is 72.2. The third-order valence-electron chi connectivity index (χ3n) is 5.31. The van der Waals surface area contributed by atoms with Gasteiger partial charge in [0, 0.05) is 0 Å². The predicted octanol–water partition coefficient (Wildman–Crippen LogP) is 6.87. The van der Waals surface area contributed by atoms with E-state index in [1.54, 1.807) is 13.0 Å². The quantitative estimate of drug-likeness (QED) is 0.415. The minimum atomic E-state index is -4.38. The molecule has 0 N–H and O–H groups in total. The molecule has 0 saturated carbocycles. The standard InChI is InChI=1S/C24H18F5NO/c1-13-12-16(15-6-9-17(10-7-15)24(27,28)29)8-11-18(13)22-14(2)31-23(30-22)21-19(25)4-3-5-20(21)26/h3-12,14,22H,1-2H3/t14-,22-/m0/s1. The van der Waals surface area contributed by atoms with Gasteiger partial charge in [-0.15, -0.1) is 0 Å². The van der Waals surface area contributed by atoms with Crippen molar-refractivity contribution >= 4 is 5.90 Å². The number of halogens is 5. The summed E-state index contributed by atoms with van der Waals surface area (Å²) in [5.41, 5.74) is 2.06. The van der Waals surface area contributed by atoms with E-state index in [-0.39, 0.29) is 11.5 Å². The molecule has 0 aliphatic carbocycles. The fraction of sp³-hybridized carbons (Fsp3) is 0.208. The minimum absolute atomic E-state index is 0.0840. The largest absolute Gasteiger partial charge is 0.472 e. The van der Waals surface area contributed by atoms with Crippen LogP contribution in [0.3, 0.4) is 0 Å². The van der Waals surface area contributed by atoms with Crippen LogP contribution in [0.15, 0.2) is 65.7 Å². The van der Waals surface area contributed by atoms with Crippen LogP contribution in [0, 0.1) is 18.6 Å². The highest BCUT2D eigenvalue weighted by Crippen LogP contribution is 2.36. The molecule has 0 radical (unpaired) electrons. The lowest BCUT2D eigenvalue weighted by Crippen LogP contribution is -2.14. The first kappa shape index (κ1) is 21.0. The molecular weight excluding hydrogens is 413 g/mol. The van der Waals surface area contributed by atoms with Gasteiger partial charge in [-0.1, -0.05) is 36.4 Å². The van der Waals surface area contributed by atoms with Gasteiger partial charge in [-0.3, -0.25) is 0 Å². The molecule has 0 amide bonds. The van der Waals surface area contributed by atoms with Crippen LogP contribution in [0.2, 0.25) is 0 Å². The molecule has 3 aromatic carbocycles. The van der Waals surface area contributed by atoms with Crippen molar-refractivity contribution in [1.82, 2.24) is 0 Å². The number of nitrogens with zero attached hydrogens (tertiary/aromatic N) is 1. The number of hydrogen-bond acceptors (Lipinski definition) is 2. The maximum Gasteiger partial charge on any atom is 0.416 e. The van der Waals surface area contributed by atoms with Gasteiger partial charge in [-0.2, -0.15) is 13.2 Å². The maximum atomic E-state index is 14.1. The van der Waals surface area contributed by atoms with Crippen molar-refractivity contribution in [2.24, 2.45) is 4.99 Å². The molecule has 1 aliphatic rings. The average Bonchev–Trinajstić information content (AvgIpc) is 3.08. The second-order valence-corrected chi connectivity index (χ2v) is 7.45. The lowest BCUT2D eigenvalue weighted by Gasteiger charge is -2.16. The summed E-state index contributed by atoms with van der Waals surface area (Å²) in [4.78, 5) is 4.42. The molecule has 3 aromatic rings. The Bertz CT molecular complexity index is 1130. The van der Waals surface area contributed by atoms with E-state index in [1.165, 1.54) is 18.2 Å². The smallest absolute Gasteiger partial charge is 0.416 e. The summed E-state index contributed by atoms with van der Waals surface area (Å²) in [6.07, 6.45) is -4.82. The summed E-state index contributed by atoms with van der Waals surface area (Å²) in [7, 11) is 0. The summed E-state index contributed by atoms with van der Waals surface area (Å²) in [6, 6.07) is 13.5. The van der Waals surface area contributed by atoms with Crippen molar-refractivity contribution < 1.29 is 26.7 Å². The molecule has 0 spiro atoms. The van der Waals surface area contributed by atoms with Crippen LogP contribution < -0.4 is 0 Å². The van der Waals surface area contributed by atoms with Crippen LogP contribution in [0.4, 0.5) is 22.0 Å². The zero-order chi connectivity index (χ0) is 22.3. The van der Waals surface area contributed by atoms with Crippen LogP contribution in [0.5, 0.6) is 0 Å². The second kappa shape index (κ2) is 7.80. The van der Waals surface area contributed by atoms with E-state index in [4.69, 9.17) is 4.74 Å². The molecule has 0 saturated heterocycles. The van der Waals surface area contributed by atoms with Crippen LogP contribution in [-0.2, 0) is 10.9 Å². The molecule has 0 unspecified atom stereocenters. The maximum absolute atomic E-state index is 14.1. The highest BCUT2D eigenvalue weighted by atomic mass is 19.4. The van der Waals surface area contributed by atoms with Gasteiger partial charge in [0.2, 0.25) is 5.90 Å². The van der Waals surface area contributed by atoms with Gasteiger partial charge >= 0.3 is 6.18 Å². The Hall–Kier alpha value is -3.22. The number of aliphatic imine (C=N–C) groups is 1. The Morgan fingerprint density at radius 3 is 2.06 bits per heavy atom. The summed E-state index contributed by atoms with van der Waals surface area (Å²) >= 11 is 0. The third kappa shape index (κ3) is 4.04. The molecule has 0 aromatic heterocycles. The van der Waals surface area contributed by atoms with E-state index >= 15 is 0 Å². The minimum Gasteiger partial charge on any atom is -0.472 e. The SMILES string of the molecule is Cc1cc(-c2ccc(C(F)(F)F)cc2)ccc1[C@H]1N=C(c2c(F)cccc2F)O[C@H]1C. The van der Waals surface area contributed by atoms with Gasteiger partial charge in [0.25, 0.3) is 0 Å². The fourth-order valence-corrected chi connectivity index (χ4v) is 3.69. The van der Waals surface area contributed by atoms with E-state index in [0.29, 0.717) is 5.56 Å². The van der Waals surface area contributed by atoms with Crippen molar-refractivity contribution in [2.45, 2.75) is 32.2 Å². The zero-order valence-electron chi connectivity index (χ0n) is 16.7. The number of benzene rings is 3. The van der Waals surface area contributed by atoms with E-state index < -0.39 is 35.5 Å². The molecule has 0 bridgehead atoms. The number of aryl methyl sites for hydroxylation is 1. The first-order valence-electron chi connectivity index (χ1n) is 9.62. The second-order valence-electron chi connectivity index (χ2n) is 7.45. The highest BCUT2D eigenvalue weighted by molar-refractivity contribution is 5.96. The molecule has 2 nitrogen and oxygen atoms in total. The lowest BCUT2D eigenvalue weighted by molar-refractivity contribution is -0.137. The van der Waals surface area contributed by atoms with E-state index in [0.717, 1.165) is 41.0 Å². The number of hydrogen-bond donors (Lipinski definition) is 0. The molecule has 31 heavy (non-hydrogen) atoms. The molecule has 2 atom stereocenters. The first-order valence-corrected chi connectivity index (χ1v) is 9.62. The first-order chi connectivity index (χ1) is 14.6. The molecule has 1 heterocycles. The van der Waals surface area contributed by atoms with Crippen LogP contribution in [0.1, 0.15) is 35.2 Å². The van der Waals surface area contributed by atoms with Crippen molar-refractivity contribution in [3.05, 3.63) is 94.6 Å². The Labute approximate surface area is 176 Å². The predicted molar refractivity (Wildman–Crippen MR) is 108 cm³/mol. The topological polar surface area (TPSA) is 21.6 Å². The Morgan fingerprint density at radius 2 is 1.48 bits per heavy atom. The molecule has 160 valence electrons. The van der Waals surface area contributed by atoms with Gasteiger partial charge < -0.3 is 4.74 Å². The van der Waals surface area contributed by atoms with E-state index in [9.17, 15) is 22.0 Å². The highest BCUT2D eigenvalue weighted by Gasteiger charge is 2.33. The average molecular weight is 431 g/mol. The van der Waals surface area contributed by atoms with E-state index in [2.05, 4.69) is 4.99 Å².